The van der Waals surface area contributed by atoms with E-state index in [2.05, 4.69) is 21.2 Å². The van der Waals surface area contributed by atoms with Crippen LogP contribution in [0.5, 0.6) is 0 Å². The highest BCUT2D eigenvalue weighted by Gasteiger charge is 2.27. The molecule has 18 heavy (non-hydrogen) atoms. The molecule has 3 nitrogen and oxygen atoms in total. The minimum absolute atomic E-state index is 0.0531. The summed E-state index contributed by atoms with van der Waals surface area (Å²) in [4.78, 5) is 1.89. The van der Waals surface area contributed by atoms with Crippen LogP contribution >= 0.6 is 15.9 Å². The Morgan fingerprint density at radius 2 is 1.83 bits per heavy atom. The van der Waals surface area contributed by atoms with Gasteiger partial charge in [-0.1, -0.05) is 15.9 Å². The Morgan fingerprint density at radius 3 is 2.33 bits per heavy atom. The van der Waals surface area contributed by atoms with E-state index in [1.807, 2.05) is 4.90 Å². The average Bonchev–Trinajstić information content (AvgIpc) is 2.34. The van der Waals surface area contributed by atoms with Gasteiger partial charge in [-0.05, 0) is 12.1 Å². The van der Waals surface area contributed by atoms with Crippen LogP contribution in [-0.2, 0) is 0 Å². The zero-order valence-corrected chi connectivity index (χ0v) is 11.4. The van der Waals surface area contributed by atoms with Crippen molar-refractivity contribution >= 4 is 15.9 Å². The smallest absolute Gasteiger partial charge is 0.132 e. The second-order valence-corrected chi connectivity index (χ2v) is 5.18. The molecule has 1 heterocycles. The van der Waals surface area contributed by atoms with Gasteiger partial charge in [-0.25, -0.2) is 8.78 Å². The molecular formula is C12H15BrF2N2O. The van der Waals surface area contributed by atoms with Gasteiger partial charge in [0.15, 0.2) is 0 Å². The zero-order valence-electron chi connectivity index (χ0n) is 9.80. The molecule has 1 atom stereocenters. The maximum atomic E-state index is 13.9. The number of hydrogen-bond acceptors (Lipinski definition) is 3. The van der Waals surface area contributed by atoms with E-state index in [4.69, 9.17) is 0 Å². The molecule has 0 spiro atoms. The van der Waals surface area contributed by atoms with Crippen molar-refractivity contribution in [2.75, 3.05) is 32.8 Å². The first-order valence-corrected chi connectivity index (χ1v) is 6.63. The Morgan fingerprint density at radius 1 is 1.28 bits per heavy atom. The number of rotatable bonds is 3. The molecule has 2 rings (SSSR count). The van der Waals surface area contributed by atoms with E-state index >= 15 is 0 Å². The van der Waals surface area contributed by atoms with Crippen molar-refractivity contribution in [3.8, 4) is 0 Å². The first-order valence-electron chi connectivity index (χ1n) is 5.83. The summed E-state index contributed by atoms with van der Waals surface area (Å²) in [5, 5.41) is 12.6. The predicted molar refractivity (Wildman–Crippen MR) is 68.3 cm³/mol. The number of hydrogen-bond donors (Lipinski definition) is 2. The van der Waals surface area contributed by atoms with Crippen molar-refractivity contribution < 1.29 is 13.9 Å². The Labute approximate surface area is 113 Å². The molecule has 0 radical (unpaired) electrons. The molecule has 0 amide bonds. The maximum absolute atomic E-state index is 13.9. The topological polar surface area (TPSA) is 35.5 Å². The molecule has 2 N–H and O–H groups in total. The Hall–Kier alpha value is -0.560. The zero-order chi connectivity index (χ0) is 13.1. The second-order valence-electron chi connectivity index (χ2n) is 4.27. The van der Waals surface area contributed by atoms with E-state index < -0.39 is 17.7 Å². The van der Waals surface area contributed by atoms with Crippen LogP contribution in [0.15, 0.2) is 16.6 Å². The minimum Gasteiger partial charge on any atom is -0.394 e. The minimum atomic E-state index is -0.626. The molecule has 1 aliphatic rings. The van der Waals surface area contributed by atoms with Crippen LogP contribution in [0.25, 0.3) is 0 Å². The van der Waals surface area contributed by atoms with Crippen molar-refractivity contribution in [1.82, 2.24) is 10.2 Å². The number of nitrogens with one attached hydrogen (secondary N) is 1. The van der Waals surface area contributed by atoms with E-state index in [1.165, 1.54) is 12.1 Å². The summed E-state index contributed by atoms with van der Waals surface area (Å²) < 4.78 is 28.1. The number of aliphatic hydroxyl groups excluding tert-OH is 1. The summed E-state index contributed by atoms with van der Waals surface area (Å²) in [7, 11) is 0. The molecule has 1 fully saturated rings. The molecule has 0 unspecified atom stereocenters. The number of halogens is 3. The van der Waals surface area contributed by atoms with Gasteiger partial charge in [-0.15, -0.1) is 0 Å². The largest absolute Gasteiger partial charge is 0.394 e. The van der Waals surface area contributed by atoms with Gasteiger partial charge >= 0.3 is 0 Å². The van der Waals surface area contributed by atoms with Crippen LogP contribution in [0.4, 0.5) is 8.78 Å². The molecule has 1 aromatic carbocycles. The molecular weight excluding hydrogens is 306 g/mol. The summed E-state index contributed by atoms with van der Waals surface area (Å²) in [5.41, 5.74) is -0.0531. The average molecular weight is 321 g/mol. The second kappa shape index (κ2) is 6.06. The molecule has 0 bridgehead atoms. The standard InChI is InChI=1S/C12H15BrF2N2O/c13-8-5-9(14)12(10(15)6-8)11(7-18)17-3-1-16-2-4-17/h5-6,11,16,18H,1-4,7H2/t11-/m0/s1. The van der Waals surface area contributed by atoms with Crippen LogP contribution in [-0.4, -0.2) is 42.8 Å². The van der Waals surface area contributed by atoms with Crippen LogP contribution < -0.4 is 5.32 Å². The van der Waals surface area contributed by atoms with Gasteiger partial charge in [0.2, 0.25) is 0 Å². The fourth-order valence-electron chi connectivity index (χ4n) is 2.25. The third-order valence-electron chi connectivity index (χ3n) is 3.14. The molecule has 0 aromatic heterocycles. The summed E-state index contributed by atoms with van der Waals surface area (Å²) >= 11 is 3.05. The number of nitrogens with zero attached hydrogens (tertiary/aromatic N) is 1. The highest BCUT2D eigenvalue weighted by molar-refractivity contribution is 9.10. The quantitative estimate of drug-likeness (QED) is 0.889. The summed E-state index contributed by atoms with van der Waals surface area (Å²) in [6.45, 7) is 2.56. The van der Waals surface area contributed by atoms with Gasteiger partial charge in [0.1, 0.15) is 11.6 Å². The lowest BCUT2D eigenvalue weighted by molar-refractivity contribution is 0.105. The summed E-state index contributed by atoms with van der Waals surface area (Å²) in [6, 6.07) is 1.83. The molecule has 0 saturated carbocycles. The monoisotopic (exact) mass is 320 g/mol. The van der Waals surface area contributed by atoms with Gasteiger partial charge in [-0.3, -0.25) is 4.90 Å². The van der Waals surface area contributed by atoms with E-state index in [0.717, 1.165) is 13.1 Å². The lowest BCUT2D eigenvalue weighted by Crippen LogP contribution is -2.46. The van der Waals surface area contributed by atoms with Gasteiger partial charge < -0.3 is 10.4 Å². The van der Waals surface area contributed by atoms with Gasteiger partial charge in [-0.2, -0.15) is 0 Å². The lowest BCUT2D eigenvalue weighted by atomic mass is 10.0. The number of aliphatic hydroxyl groups is 1. The third kappa shape index (κ3) is 2.88. The fourth-order valence-corrected chi connectivity index (χ4v) is 2.66. The highest BCUT2D eigenvalue weighted by atomic mass is 79.9. The Bertz CT molecular complexity index is 402. The van der Waals surface area contributed by atoms with Gasteiger partial charge in [0.05, 0.1) is 12.6 Å². The van der Waals surface area contributed by atoms with Crippen LogP contribution in [0.1, 0.15) is 11.6 Å². The number of benzene rings is 1. The highest BCUT2D eigenvalue weighted by Crippen LogP contribution is 2.28. The van der Waals surface area contributed by atoms with E-state index in [0.29, 0.717) is 17.6 Å². The predicted octanol–water partition coefficient (Wildman–Crippen LogP) is 1.67. The number of piperazine rings is 1. The first-order chi connectivity index (χ1) is 8.63. The van der Waals surface area contributed by atoms with Crippen LogP contribution in [0.3, 0.4) is 0 Å². The van der Waals surface area contributed by atoms with Crippen molar-refractivity contribution in [2.24, 2.45) is 0 Å². The van der Waals surface area contributed by atoms with Crippen LogP contribution in [0.2, 0.25) is 0 Å². The van der Waals surface area contributed by atoms with E-state index in [1.54, 1.807) is 0 Å². The molecule has 100 valence electrons. The van der Waals surface area contributed by atoms with E-state index in [-0.39, 0.29) is 12.2 Å². The first kappa shape index (κ1) is 13.9. The van der Waals surface area contributed by atoms with Crippen molar-refractivity contribution in [3.05, 3.63) is 33.8 Å². The Balaban J connectivity index is 2.32. The molecule has 1 aliphatic heterocycles. The summed E-state index contributed by atoms with van der Waals surface area (Å²) in [6.07, 6.45) is 0. The normalized spacial score (nSPS) is 18.9. The fraction of sp³-hybridized carbons (Fsp3) is 0.500. The maximum Gasteiger partial charge on any atom is 0.132 e. The Kier molecular flexibility index (Phi) is 4.66. The van der Waals surface area contributed by atoms with Crippen molar-refractivity contribution in [1.29, 1.82) is 0 Å². The van der Waals surface area contributed by atoms with E-state index in [9.17, 15) is 13.9 Å². The molecule has 1 saturated heterocycles. The summed E-state index contributed by atoms with van der Waals surface area (Å²) in [5.74, 6) is -1.25. The van der Waals surface area contributed by atoms with Gasteiger partial charge in [0.25, 0.3) is 0 Å². The van der Waals surface area contributed by atoms with Crippen LogP contribution in [0, 0.1) is 11.6 Å². The lowest BCUT2D eigenvalue weighted by Gasteiger charge is -2.34. The van der Waals surface area contributed by atoms with Crippen molar-refractivity contribution in [3.63, 3.8) is 0 Å². The molecule has 1 aromatic rings. The molecule has 0 aliphatic carbocycles. The van der Waals surface area contributed by atoms with Crippen molar-refractivity contribution in [2.45, 2.75) is 6.04 Å². The molecule has 6 heteroatoms. The SMILES string of the molecule is OC[C@@H](c1c(F)cc(Br)cc1F)N1CCNCC1. The van der Waals surface area contributed by atoms with Gasteiger partial charge in [0, 0.05) is 36.2 Å². The third-order valence-corrected chi connectivity index (χ3v) is 3.60.